The number of carboxylic acids is 1. The van der Waals surface area contributed by atoms with Crippen molar-refractivity contribution in [3.8, 4) is 0 Å². The topological polar surface area (TPSA) is 104 Å². The highest BCUT2D eigenvalue weighted by Crippen LogP contribution is 2.17. The van der Waals surface area contributed by atoms with Gasteiger partial charge in [0.05, 0.1) is 12.1 Å². The molecule has 0 radical (unpaired) electrons. The molecule has 0 atom stereocenters. The van der Waals surface area contributed by atoms with Gasteiger partial charge in [-0.05, 0) is 32.0 Å². The second-order valence-corrected chi connectivity index (χ2v) is 4.18. The predicted molar refractivity (Wildman–Crippen MR) is 69.6 cm³/mol. The van der Waals surface area contributed by atoms with Crippen molar-refractivity contribution in [3.63, 3.8) is 0 Å². The summed E-state index contributed by atoms with van der Waals surface area (Å²) in [5.74, 6) is -1.25. The zero-order valence-electron chi connectivity index (χ0n) is 10.4. The van der Waals surface area contributed by atoms with Gasteiger partial charge in [0.25, 0.3) is 0 Å². The summed E-state index contributed by atoms with van der Waals surface area (Å²) < 4.78 is 0. The summed E-state index contributed by atoms with van der Waals surface area (Å²) in [6.07, 6.45) is 0. The van der Waals surface area contributed by atoms with Crippen molar-refractivity contribution in [1.82, 2.24) is 5.32 Å². The van der Waals surface area contributed by atoms with Crippen molar-refractivity contribution in [2.24, 2.45) is 0 Å². The number of hydrogen-bond acceptors (Lipinski definition) is 4. The summed E-state index contributed by atoms with van der Waals surface area (Å²) in [6.45, 7) is 3.81. The van der Waals surface area contributed by atoms with Crippen LogP contribution in [0.5, 0.6) is 0 Å². The molecule has 1 amide bonds. The molecule has 6 nitrogen and oxygen atoms in total. The third-order valence-electron chi connectivity index (χ3n) is 2.19. The number of nitrogen functional groups attached to an aromatic ring is 1. The van der Waals surface area contributed by atoms with Crippen molar-refractivity contribution in [1.29, 1.82) is 0 Å². The van der Waals surface area contributed by atoms with E-state index in [0.29, 0.717) is 5.69 Å². The Hall–Kier alpha value is -2.24. The Morgan fingerprint density at radius 1 is 1.39 bits per heavy atom. The quantitative estimate of drug-likeness (QED) is 0.582. The zero-order chi connectivity index (χ0) is 13.7. The number of nitrogens with two attached hydrogens (primary N) is 1. The van der Waals surface area contributed by atoms with Gasteiger partial charge < -0.3 is 21.5 Å². The van der Waals surface area contributed by atoms with Crippen LogP contribution in [0.15, 0.2) is 18.2 Å². The fourth-order valence-electron chi connectivity index (χ4n) is 1.41. The van der Waals surface area contributed by atoms with Gasteiger partial charge in [0.15, 0.2) is 0 Å². The maximum absolute atomic E-state index is 11.4. The van der Waals surface area contributed by atoms with E-state index >= 15 is 0 Å². The molecule has 0 spiro atoms. The minimum atomic E-state index is -1.09. The number of carbonyl (C=O) groups is 2. The molecule has 0 bridgehead atoms. The molecule has 0 saturated carbocycles. The van der Waals surface area contributed by atoms with E-state index in [2.05, 4.69) is 10.6 Å². The van der Waals surface area contributed by atoms with Gasteiger partial charge in [0.1, 0.15) is 0 Å². The van der Waals surface area contributed by atoms with E-state index in [9.17, 15) is 9.59 Å². The van der Waals surface area contributed by atoms with Crippen LogP contribution in [0.25, 0.3) is 0 Å². The molecule has 6 heteroatoms. The van der Waals surface area contributed by atoms with E-state index in [1.165, 1.54) is 12.1 Å². The summed E-state index contributed by atoms with van der Waals surface area (Å²) in [5.41, 5.74) is 6.28. The van der Waals surface area contributed by atoms with Crippen LogP contribution >= 0.6 is 0 Å². The third-order valence-corrected chi connectivity index (χ3v) is 2.19. The maximum atomic E-state index is 11.4. The van der Waals surface area contributed by atoms with Crippen molar-refractivity contribution in [2.45, 2.75) is 19.9 Å². The van der Waals surface area contributed by atoms with Gasteiger partial charge in [-0.3, -0.25) is 4.79 Å². The Balaban J connectivity index is 2.66. The van der Waals surface area contributed by atoms with Gasteiger partial charge >= 0.3 is 5.97 Å². The largest absolute Gasteiger partial charge is 0.478 e. The van der Waals surface area contributed by atoms with Crippen LogP contribution in [0.2, 0.25) is 0 Å². The van der Waals surface area contributed by atoms with Crippen LogP contribution in [0.4, 0.5) is 11.4 Å². The van der Waals surface area contributed by atoms with Gasteiger partial charge in [-0.25, -0.2) is 4.79 Å². The summed E-state index contributed by atoms with van der Waals surface area (Å²) in [7, 11) is 0. The lowest BCUT2D eigenvalue weighted by molar-refractivity contribution is -0.119. The molecule has 98 valence electrons. The first-order valence-corrected chi connectivity index (χ1v) is 5.56. The first-order valence-electron chi connectivity index (χ1n) is 5.56. The van der Waals surface area contributed by atoms with Crippen molar-refractivity contribution >= 4 is 23.3 Å². The van der Waals surface area contributed by atoms with Crippen LogP contribution < -0.4 is 16.4 Å². The normalized spacial score (nSPS) is 10.2. The monoisotopic (exact) mass is 251 g/mol. The average Bonchev–Trinajstić information content (AvgIpc) is 2.26. The van der Waals surface area contributed by atoms with Crippen LogP contribution in [-0.2, 0) is 4.79 Å². The number of nitrogens with one attached hydrogen (secondary N) is 2. The number of rotatable bonds is 5. The Bertz CT molecular complexity index is 458. The molecule has 0 aromatic heterocycles. The molecule has 0 unspecified atom stereocenters. The van der Waals surface area contributed by atoms with Gasteiger partial charge in [-0.1, -0.05) is 0 Å². The number of hydrogen-bond donors (Lipinski definition) is 4. The molecule has 5 N–H and O–H groups in total. The van der Waals surface area contributed by atoms with E-state index in [-0.39, 0.29) is 29.7 Å². The highest BCUT2D eigenvalue weighted by Gasteiger charge is 2.09. The Morgan fingerprint density at radius 3 is 2.61 bits per heavy atom. The maximum Gasteiger partial charge on any atom is 0.337 e. The molecular weight excluding hydrogens is 234 g/mol. The SMILES string of the molecule is CC(C)NC(=O)CNc1ccc(N)c(C(=O)O)c1. The molecule has 0 aliphatic heterocycles. The fraction of sp³-hybridized carbons (Fsp3) is 0.333. The number of aromatic carboxylic acids is 1. The molecule has 1 aromatic rings. The molecule has 0 fully saturated rings. The van der Waals surface area contributed by atoms with E-state index in [1.54, 1.807) is 6.07 Å². The number of carboxylic acid groups (broad SMARTS) is 1. The molecule has 18 heavy (non-hydrogen) atoms. The number of benzene rings is 1. The minimum Gasteiger partial charge on any atom is -0.478 e. The van der Waals surface area contributed by atoms with E-state index < -0.39 is 5.97 Å². The second kappa shape index (κ2) is 5.90. The first kappa shape index (κ1) is 13.8. The van der Waals surface area contributed by atoms with Crippen LogP contribution in [0.3, 0.4) is 0 Å². The highest BCUT2D eigenvalue weighted by molar-refractivity contribution is 5.95. The van der Waals surface area contributed by atoms with E-state index in [1.807, 2.05) is 13.8 Å². The van der Waals surface area contributed by atoms with Crippen molar-refractivity contribution < 1.29 is 14.7 Å². The molecule has 1 rings (SSSR count). The fourth-order valence-corrected chi connectivity index (χ4v) is 1.41. The number of carbonyl (C=O) groups excluding carboxylic acids is 1. The minimum absolute atomic E-state index is 0.0178. The lowest BCUT2D eigenvalue weighted by atomic mass is 10.1. The lowest BCUT2D eigenvalue weighted by Crippen LogP contribution is -2.34. The molecule has 0 heterocycles. The number of anilines is 2. The summed E-state index contributed by atoms with van der Waals surface area (Å²) in [5, 5.41) is 14.5. The number of amides is 1. The smallest absolute Gasteiger partial charge is 0.337 e. The van der Waals surface area contributed by atoms with Gasteiger partial charge in [0, 0.05) is 17.4 Å². The molecule has 0 aliphatic carbocycles. The average molecular weight is 251 g/mol. The standard InChI is InChI=1S/C12H17N3O3/c1-7(2)15-11(16)6-14-8-3-4-10(13)9(5-8)12(17)18/h3-5,7,14H,6,13H2,1-2H3,(H,15,16)(H,17,18). The van der Waals surface area contributed by atoms with Crippen molar-refractivity contribution in [3.05, 3.63) is 23.8 Å². The first-order chi connectivity index (χ1) is 8.40. The Morgan fingerprint density at radius 2 is 2.06 bits per heavy atom. The Kier molecular flexibility index (Phi) is 4.53. The van der Waals surface area contributed by atoms with Gasteiger partial charge in [0.2, 0.25) is 5.91 Å². The summed E-state index contributed by atoms with van der Waals surface area (Å²) in [6, 6.07) is 4.59. The van der Waals surface area contributed by atoms with E-state index in [0.717, 1.165) is 0 Å². The molecule has 0 saturated heterocycles. The molecule has 0 aliphatic rings. The molecule has 1 aromatic carbocycles. The van der Waals surface area contributed by atoms with Gasteiger partial charge in [-0.2, -0.15) is 0 Å². The third kappa shape index (κ3) is 3.97. The lowest BCUT2D eigenvalue weighted by Gasteiger charge is -2.11. The summed E-state index contributed by atoms with van der Waals surface area (Å²) in [4.78, 5) is 22.3. The Labute approximate surface area is 105 Å². The van der Waals surface area contributed by atoms with Gasteiger partial charge in [-0.15, -0.1) is 0 Å². The van der Waals surface area contributed by atoms with Crippen molar-refractivity contribution in [2.75, 3.05) is 17.6 Å². The van der Waals surface area contributed by atoms with Crippen LogP contribution in [0.1, 0.15) is 24.2 Å². The molecular formula is C12H17N3O3. The second-order valence-electron chi connectivity index (χ2n) is 4.18. The summed E-state index contributed by atoms with van der Waals surface area (Å²) >= 11 is 0. The zero-order valence-corrected chi connectivity index (χ0v) is 10.4. The van der Waals surface area contributed by atoms with Crippen LogP contribution in [-0.4, -0.2) is 29.6 Å². The predicted octanol–water partition coefficient (Wildman–Crippen LogP) is 0.903. The highest BCUT2D eigenvalue weighted by atomic mass is 16.4. The van der Waals surface area contributed by atoms with E-state index in [4.69, 9.17) is 10.8 Å². The van der Waals surface area contributed by atoms with Crippen LogP contribution in [0, 0.1) is 0 Å².